The Labute approximate surface area is 151 Å². The zero-order valence-corrected chi connectivity index (χ0v) is 14.7. The van der Waals surface area contributed by atoms with Crippen molar-refractivity contribution in [3.05, 3.63) is 58.8 Å². The van der Waals surface area contributed by atoms with Crippen LogP contribution >= 0.6 is 22.9 Å². The van der Waals surface area contributed by atoms with Gasteiger partial charge in [0.2, 0.25) is 0 Å². The largest absolute Gasteiger partial charge is 0.216 e. The monoisotopic (exact) mass is 366 g/mol. The minimum absolute atomic E-state index is 0.690. The molecule has 0 aliphatic carbocycles. The maximum Gasteiger partial charge on any atom is 0.192 e. The molecule has 0 fully saturated rings. The number of benzene rings is 1. The summed E-state index contributed by atoms with van der Waals surface area (Å²) in [6.45, 7) is 1.97. The summed E-state index contributed by atoms with van der Waals surface area (Å²) in [5.74, 6) is 0.690. The number of thiophene rings is 1. The van der Waals surface area contributed by atoms with Crippen LogP contribution in [0, 0.1) is 6.92 Å². The Balaban J connectivity index is 1.73. The fourth-order valence-electron chi connectivity index (χ4n) is 2.73. The Kier molecular flexibility index (Phi) is 3.13. The average Bonchev–Trinajstić information content (AvgIpc) is 3.34. The molecular formula is C17H11ClN6S. The molecule has 5 aromatic rings. The lowest BCUT2D eigenvalue weighted by molar-refractivity contribution is 0.882. The van der Waals surface area contributed by atoms with Gasteiger partial charge in [-0.15, -0.1) is 16.4 Å². The highest BCUT2D eigenvalue weighted by Crippen LogP contribution is 2.26. The Bertz CT molecular complexity index is 1220. The molecule has 0 spiro atoms. The normalized spacial score (nSPS) is 11.6. The summed E-state index contributed by atoms with van der Waals surface area (Å²) < 4.78 is 3.45. The van der Waals surface area contributed by atoms with E-state index in [1.54, 1.807) is 33.1 Å². The highest BCUT2D eigenvalue weighted by molar-refractivity contribution is 7.13. The van der Waals surface area contributed by atoms with Crippen molar-refractivity contribution in [1.82, 2.24) is 29.4 Å². The maximum atomic E-state index is 6.25. The third-order valence-electron chi connectivity index (χ3n) is 4.05. The van der Waals surface area contributed by atoms with E-state index in [2.05, 4.69) is 20.2 Å². The van der Waals surface area contributed by atoms with Crippen molar-refractivity contribution in [2.75, 3.05) is 0 Å². The number of fused-ring (bicyclic) bond motifs is 3. The summed E-state index contributed by atoms with van der Waals surface area (Å²) in [7, 11) is 0. The molecule has 0 atom stereocenters. The van der Waals surface area contributed by atoms with E-state index in [-0.39, 0.29) is 0 Å². The van der Waals surface area contributed by atoms with Gasteiger partial charge in [-0.1, -0.05) is 23.7 Å². The molecule has 4 aromatic heterocycles. The number of hydrogen-bond acceptors (Lipinski definition) is 5. The first-order chi connectivity index (χ1) is 12.2. The summed E-state index contributed by atoms with van der Waals surface area (Å²) >= 11 is 7.86. The number of halogens is 1. The van der Waals surface area contributed by atoms with Crippen molar-refractivity contribution in [2.45, 2.75) is 6.92 Å². The summed E-state index contributed by atoms with van der Waals surface area (Å²) in [5.41, 5.74) is 3.34. The first-order valence-corrected chi connectivity index (χ1v) is 8.86. The molecule has 0 bridgehead atoms. The molecule has 0 saturated carbocycles. The average molecular weight is 367 g/mol. The second-order valence-corrected chi connectivity index (χ2v) is 7.01. The maximum absolute atomic E-state index is 6.25. The first kappa shape index (κ1) is 14.6. The van der Waals surface area contributed by atoms with Gasteiger partial charge in [-0.25, -0.2) is 19.2 Å². The number of aromatic nitrogens is 6. The van der Waals surface area contributed by atoms with E-state index < -0.39 is 0 Å². The number of rotatable bonds is 2. The Morgan fingerprint density at radius 3 is 2.88 bits per heavy atom. The molecular weight excluding hydrogens is 356 g/mol. The van der Waals surface area contributed by atoms with Crippen molar-refractivity contribution < 1.29 is 0 Å². The molecule has 4 heterocycles. The van der Waals surface area contributed by atoms with Crippen LogP contribution in [0.5, 0.6) is 0 Å². The standard InChI is InChI=1S/C17H11ClN6S/c1-10-4-5-11(7-13(10)18)24-16-12(8-20-24)17-21-15(14-3-2-6-25-14)22-23(17)9-19-16/h2-9H,1H3. The number of aryl methyl sites for hydroxylation is 1. The van der Waals surface area contributed by atoms with Gasteiger partial charge >= 0.3 is 0 Å². The summed E-state index contributed by atoms with van der Waals surface area (Å²) in [6.07, 6.45) is 3.42. The molecule has 0 aliphatic heterocycles. The van der Waals surface area contributed by atoms with Gasteiger partial charge in [0.25, 0.3) is 0 Å². The third-order valence-corrected chi connectivity index (χ3v) is 5.32. The molecule has 0 unspecified atom stereocenters. The van der Waals surface area contributed by atoms with Crippen molar-refractivity contribution in [3.63, 3.8) is 0 Å². The zero-order valence-electron chi connectivity index (χ0n) is 13.1. The van der Waals surface area contributed by atoms with Crippen LogP contribution in [0.4, 0.5) is 0 Å². The molecule has 0 saturated heterocycles. The van der Waals surface area contributed by atoms with E-state index in [0.717, 1.165) is 32.8 Å². The van der Waals surface area contributed by atoms with Gasteiger partial charge in [0, 0.05) is 5.02 Å². The summed E-state index contributed by atoms with van der Waals surface area (Å²) in [4.78, 5) is 10.2. The predicted octanol–water partition coefficient (Wildman–Crippen LogP) is 4.15. The molecule has 8 heteroatoms. The second kappa shape index (κ2) is 5.37. The molecule has 0 radical (unpaired) electrons. The van der Waals surface area contributed by atoms with E-state index in [1.807, 2.05) is 42.6 Å². The van der Waals surface area contributed by atoms with Gasteiger partial charge in [-0.05, 0) is 36.1 Å². The molecule has 1 aromatic carbocycles. The van der Waals surface area contributed by atoms with E-state index in [9.17, 15) is 0 Å². The molecule has 5 rings (SSSR count). The van der Waals surface area contributed by atoms with Crippen LogP contribution in [0.2, 0.25) is 5.02 Å². The van der Waals surface area contributed by atoms with Gasteiger partial charge in [-0.3, -0.25) is 0 Å². The SMILES string of the molecule is Cc1ccc(-n2ncc3c2ncn2nc(-c4cccs4)nc32)cc1Cl. The van der Waals surface area contributed by atoms with Gasteiger partial charge in [0.05, 0.1) is 22.1 Å². The molecule has 25 heavy (non-hydrogen) atoms. The van der Waals surface area contributed by atoms with Crippen LogP contribution in [-0.4, -0.2) is 29.4 Å². The van der Waals surface area contributed by atoms with Crippen molar-refractivity contribution in [3.8, 4) is 16.4 Å². The Morgan fingerprint density at radius 2 is 2.08 bits per heavy atom. The quantitative estimate of drug-likeness (QED) is 0.470. The van der Waals surface area contributed by atoms with E-state index in [0.29, 0.717) is 10.8 Å². The van der Waals surface area contributed by atoms with Crippen molar-refractivity contribution >= 4 is 39.6 Å². The van der Waals surface area contributed by atoms with Crippen molar-refractivity contribution in [1.29, 1.82) is 0 Å². The number of nitrogens with zero attached hydrogens (tertiary/aromatic N) is 6. The summed E-state index contributed by atoms with van der Waals surface area (Å²) in [6, 6.07) is 9.81. The lowest BCUT2D eigenvalue weighted by atomic mass is 10.2. The molecule has 0 amide bonds. The smallest absolute Gasteiger partial charge is 0.192 e. The van der Waals surface area contributed by atoms with Crippen LogP contribution in [0.15, 0.2) is 48.2 Å². The van der Waals surface area contributed by atoms with Gasteiger partial charge in [0.15, 0.2) is 17.1 Å². The van der Waals surface area contributed by atoms with Gasteiger partial charge in [0.1, 0.15) is 6.33 Å². The van der Waals surface area contributed by atoms with Gasteiger partial charge in [-0.2, -0.15) is 5.10 Å². The van der Waals surface area contributed by atoms with Crippen LogP contribution < -0.4 is 0 Å². The third kappa shape index (κ3) is 2.24. The predicted molar refractivity (Wildman–Crippen MR) is 98.5 cm³/mol. The van der Waals surface area contributed by atoms with E-state index in [1.165, 1.54) is 0 Å². The lowest BCUT2D eigenvalue weighted by Gasteiger charge is -2.05. The second-order valence-electron chi connectivity index (χ2n) is 5.65. The first-order valence-electron chi connectivity index (χ1n) is 7.60. The Hall–Kier alpha value is -2.77. The van der Waals surface area contributed by atoms with Crippen LogP contribution in [-0.2, 0) is 0 Å². The lowest BCUT2D eigenvalue weighted by Crippen LogP contribution is -1.99. The van der Waals surface area contributed by atoms with Crippen LogP contribution in [0.3, 0.4) is 0 Å². The van der Waals surface area contributed by atoms with Crippen LogP contribution in [0.25, 0.3) is 33.1 Å². The molecule has 122 valence electrons. The molecule has 0 aliphatic rings. The molecule has 0 N–H and O–H groups in total. The van der Waals surface area contributed by atoms with E-state index >= 15 is 0 Å². The van der Waals surface area contributed by atoms with E-state index in [4.69, 9.17) is 11.6 Å². The van der Waals surface area contributed by atoms with Crippen molar-refractivity contribution in [2.24, 2.45) is 0 Å². The minimum Gasteiger partial charge on any atom is -0.216 e. The fraction of sp³-hybridized carbons (Fsp3) is 0.0588. The number of hydrogen-bond donors (Lipinski definition) is 0. The van der Waals surface area contributed by atoms with Crippen LogP contribution in [0.1, 0.15) is 5.56 Å². The Morgan fingerprint density at radius 1 is 1.16 bits per heavy atom. The van der Waals surface area contributed by atoms with Gasteiger partial charge < -0.3 is 0 Å². The highest BCUT2D eigenvalue weighted by Gasteiger charge is 2.15. The topological polar surface area (TPSA) is 60.9 Å². The fourth-order valence-corrected chi connectivity index (χ4v) is 3.56. The molecule has 6 nitrogen and oxygen atoms in total. The summed E-state index contributed by atoms with van der Waals surface area (Å²) in [5, 5.41) is 12.5. The highest BCUT2D eigenvalue weighted by atomic mass is 35.5. The zero-order chi connectivity index (χ0) is 17.0. The minimum atomic E-state index is 0.690.